The van der Waals surface area contributed by atoms with Gasteiger partial charge in [0, 0.05) is 36.3 Å². The fourth-order valence-electron chi connectivity index (χ4n) is 2.79. The van der Waals surface area contributed by atoms with Crippen LogP contribution in [0.25, 0.3) is 0 Å². The average molecular weight is 346 g/mol. The molecule has 0 radical (unpaired) electrons. The number of rotatable bonds is 3. The number of halogens is 2. The van der Waals surface area contributed by atoms with E-state index in [9.17, 15) is 0 Å². The molecule has 1 aromatic carbocycles. The van der Waals surface area contributed by atoms with Gasteiger partial charge in [-0.1, -0.05) is 12.1 Å². The molecule has 2 N–H and O–H groups in total. The van der Waals surface area contributed by atoms with Gasteiger partial charge in [-0.15, -0.1) is 36.2 Å². The topological polar surface area (TPSA) is 42.1 Å². The molecule has 2 aromatic rings. The summed E-state index contributed by atoms with van der Waals surface area (Å²) in [5, 5.41) is 3.36. The van der Waals surface area contributed by atoms with Crippen LogP contribution in [-0.4, -0.2) is 23.0 Å². The van der Waals surface area contributed by atoms with Gasteiger partial charge in [0.25, 0.3) is 0 Å². The Kier molecular flexibility index (Phi) is 7.46. The van der Waals surface area contributed by atoms with E-state index in [0.717, 1.165) is 18.8 Å². The zero-order valence-electron chi connectivity index (χ0n) is 11.8. The van der Waals surface area contributed by atoms with Crippen LogP contribution in [0.15, 0.2) is 35.8 Å². The third kappa shape index (κ3) is 4.85. The molecule has 1 unspecified atom stereocenters. The van der Waals surface area contributed by atoms with Gasteiger partial charge in [0.05, 0.1) is 5.01 Å². The molecule has 1 atom stereocenters. The third-order valence-corrected chi connectivity index (χ3v) is 4.60. The van der Waals surface area contributed by atoms with Crippen LogP contribution in [0.2, 0.25) is 0 Å². The van der Waals surface area contributed by atoms with Gasteiger partial charge in [0.15, 0.2) is 0 Å². The van der Waals surface area contributed by atoms with Crippen molar-refractivity contribution < 1.29 is 0 Å². The normalized spacial score (nSPS) is 18.6. The highest BCUT2D eigenvalue weighted by Gasteiger charge is 2.22. The van der Waals surface area contributed by atoms with Crippen molar-refractivity contribution in [2.45, 2.75) is 25.3 Å². The molecule has 1 aromatic heterocycles. The predicted octanol–water partition coefficient (Wildman–Crippen LogP) is 3.95. The van der Waals surface area contributed by atoms with E-state index in [-0.39, 0.29) is 24.8 Å². The lowest BCUT2D eigenvalue weighted by molar-refractivity contribution is 0.200. The molecule has 0 aliphatic carbocycles. The number of aromatic nitrogens is 1. The molecule has 1 fully saturated rings. The van der Waals surface area contributed by atoms with E-state index >= 15 is 0 Å². The Morgan fingerprint density at radius 3 is 2.90 bits per heavy atom. The zero-order chi connectivity index (χ0) is 13.1. The molecule has 116 valence electrons. The van der Waals surface area contributed by atoms with Gasteiger partial charge in [0.1, 0.15) is 0 Å². The molecule has 1 saturated heterocycles. The van der Waals surface area contributed by atoms with Crippen LogP contribution in [-0.2, 0) is 6.54 Å². The number of hydrogen-bond donors (Lipinski definition) is 1. The van der Waals surface area contributed by atoms with Gasteiger partial charge < -0.3 is 5.73 Å². The van der Waals surface area contributed by atoms with Crippen LogP contribution in [0.1, 0.15) is 29.3 Å². The maximum atomic E-state index is 5.84. The Bertz CT molecular complexity index is 533. The Hall–Kier alpha value is -0.810. The number of thiazole rings is 1. The third-order valence-electron chi connectivity index (χ3n) is 3.66. The van der Waals surface area contributed by atoms with Crippen LogP contribution in [0.3, 0.4) is 0 Å². The van der Waals surface area contributed by atoms with E-state index in [1.807, 2.05) is 18.3 Å². The molecule has 21 heavy (non-hydrogen) atoms. The Morgan fingerprint density at radius 1 is 1.33 bits per heavy atom. The molecule has 1 aliphatic heterocycles. The lowest BCUT2D eigenvalue weighted by atomic mass is 9.98. The second kappa shape index (κ2) is 8.59. The van der Waals surface area contributed by atoms with Crippen molar-refractivity contribution in [3.63, 3.8) is 0 Å². The lowest BCUT2D eigenvalue weighted by Gasteiger charge is -2.31. The molecule has 1 aliphatic rings. The summed E-state index contributed by atoms with van der Waals surface area (Å²) in [5.74, 6) is 0.606. The van der Waals surface area contributed by atoms with Gasteiger partial charge >= 0.3 is 0 Å². The SMILES string of the molecule is Cl.Cl.Nc1cccc(CN2CCCC(c3nccs3)C2)c1. The van der Waals surface area contributed by atoms with Crippen LogP contribution in [0.5, 0.6) is 0 Å². The maximum Gasteiger partial charge on any atom is 0.0968 e. The summed E-state index contributed by atoms with van der Waals surface area (Å²) in [5.41, 5.74) is 8.00. The number of benzene rings is 1. The quantitative estimate of drug-likeness (QED) is 0.856. The number of nitrogen functional groups attached to an aromatic ring is 1. The van der Waals surface area contributed by atoms with E-state index in [4.69, 9.17) is 5.73 Å². The van der Waals surface area contributed by atoms with Gasteiger partial charge in [-0.3, -0.25) is 4.90 Å². The summed E-state index contributed by atoms with van der Waals surface area (Å²) >= 11 is 1.78. The minimum absolute atomic E-state index is 0. The predicted molar refractivity (Wildman–Crippen MR) is 94.7 cm³/mol. The number of likely N-dealkylation sites (tertiary alicyclic amines) is 1. The van der Waals surface area contributed by atoms with Gasteiger partial charge in [-0.2, -0.15) is 0 Å². The number of nitrogens with zero attached hydrogens (tertiary/aromatic N) is 2. The fourth-order valence-corrected chi connectivity index (χ4v) is 3.55. The van der Waals surface area contributed by atoms with Crippen molar-refractivity contribution in [3.8, 4) is 0 Å². The smallest absolute Gasteiger partial charge is 0.0968 e. The molecule has 0 spiro atoms. The molecule has 6 heteroatoms. The second-order valence-corrected chi connectivity index (χ2v) is 6.12. The highest BCUT2D eigenvalue weighted by atomic mass is 35.5. The average Bonchev–Trinajstić information content (AvgIpc) is 2.93. The van der Waals surface area contributed by atoms with E-state index in [1.54, 1.807) is 11.3 Å². The first-order valence-electron chi connectivity index (χ1n) is 6.77. The van der Waals surface area contributed by atoms with E-state index < -0.39 is 0 Å². The van der Waals surface area contributed by atoms with Gasteiger partial charge in [-0.25, -0.2) is 4.98 Å². The first-order chi connectivity index (χ1) is 9.31. The number of nitrogens with two attached hydrogens (primary N) is 1. The second-order valence-electron chi connectivity index (χ2n) is 5.19. The summed E-state index contributed by atoms with van der Waals surface area (Å²) in [6.45, 7) is 3.28. The zero-order valence-corrected chi connectivity index (χ0v) is 14.2. The summed E-state index contributed by atoms with van der Waals surface area (Å²) < 4.78 is 0. The van der Waals surface area contributed by atoms with Crippen LogP contribution >= 0.6 is 36.2 Å². The summed E-state index contributed by atoms with van der Waals surface area (Å²) in [4.78, 5) is 6.99. The maximum absolute atomic E-state index is 5.84. The van der Waals surface area contributed by atoms with Gasteiger partial charge in [-0.05, 0) is 37.1 Å². The van der Waals surface area contributed by atoms with Crippen LogP contribution in [0, 0.1) is 0 Å². The Morgan fingerprint density at radius 2 is 2.19 bits per heavy atom. The van der Waals surface area contributed by atoms with Crippen LogP contribution < -0.4 is 5.73 Å². The van der Waals surface area contributed by atoms with E-state index in [1.165, 1.54) is 30.0 Å². The van der Waals surface area contributed by atoms with Gasteiger partial charge in [0.2, 0.25) is 0 Å². The highest BCUT2D eigenvalue weighted by Crippen LogP contribution is 2.28. The molecule has 0 saturated carbocycles. The molecular weight excluding hydrogens is 325 g/mol. The van der Waals surface area contributed by atoms with Crippen molar-refractivity contribution in [2.24, 2.45) is 0 Å². The van der Waals surface area contributed by atoms with Crippen molar-refractivity contribution in [2.75, 3.05) is 18.8 Å². The number of anilines is 1. The monoisotopic (exact) mass is 345 g/mol. The summed E-state index contributed by atoms with van der Waals surface area (Å²) in [6, 6.07) is 8.21. The first-order valence-corrected chi connectivity index (χ1v) is 7.65. The largest absolute Gasteiger partial charge is 0.399 e. The Balaban J connectivity index is 0.00000110. The van der Waals surface area contributed by atoms with Crippen molar-refractivity contribution in [1.29, 1.82) is 0 Å². The number of hydrogen-bond acceptors (Lipinski definition) is 4. The van der Waals surface area contributed by atoms with E-state index in [2.05, 4.69) is 27.4 Å². The molecule has 0 bridgehead atoms. The Labute approximate surface area is 142 Å². The number of piperidine rings is 1. The van der Waals surface area contributed by atoms with E-state index in [0.29, 0.717) is 5.92 Å². The minimum atomic E-state index is 0. The highest BCUT2D eigenvalue weighted by molar-refractivity contribution is 7.09. The minimum Gasteiger partial charge on any atom is -0.399 e. The first kappa shape index (κ1) is 18.2. The van der Waals surface area contributed by atoms with Crippen LogP contribution in [0.4, 0.5) is 5.69 Å². The fraction of sp³-hybridized carbons (Fsp3) is 0.400. The summed E-state index contributed by atoms with van der Waals surface area (Å²) in [7, 11) is 0. The van der Waals surface area contributed by atoms with Crippen molar-refractivity contribution >= 4 is 41.8 Å². The molecule has 2 heterocycles. The lowest BCUT2D eigenvalue weighted by Crippen LogP contribution is -2.33. The van der Waals surface area contributed by atoms with Crippen molar-refractivity contribution in [1.82, 2.24) is 9.88 Å². The molecule has 3 rings (SSSR count). The van der Waals surface area contributed by atoms with Crippen molar-refractivity contribution in [3.05, 3.63) is 46.4 Å². The standard InChI is InChI=1S/C15H19N3S.2ClH/c16-14-5-1-3-12(9-14)10-18-7-2-4-13(11-18)15-17-6-8-19-15;;/h1,3,5-6,8-9,13H,2,4,7,10-11,16H2;2*1H. The molecule has 3 nitrogen and oxygen atoms in total. The molecule has 0 amide bonds. The molecular formula is C15H21Cl2N3S. The summed E-state index contributed by atoms with van der Waals surface area (Å²) in [6.07, 6.45) is 4.43.